The molecular weight excluding hydrogens is 404 g/mol. The van der Waals surface area contributed by atoms with E-state index in [0.717, 1.165) is 6.07 Å². The lowest BCUT2D eigenvalue weighted by molar-refractivity contribution is -0.384. The summed E-state index contributed by atoms with van der Waals surface area (Å²) in [6, 6.07) is 3.58. The van der Waals surface area contributed by atoms with E-state index in [-0.39, 0.29) is 46.7 Å². The molecule has 0 spiro atoms. The first-order valence-corrected chi connectivity index (χ1v) is 9.86. The molecule has 0 saturated heterocycles. The Kier molecular flexibility index (Phi) is 7.09. The summed E-state index contributed by atoms with van der Waals surface area (Å²) in [6.07, 6.45) is 0. The Morgan fingerprint density at radius 2 is 2.00 bits per heavy atom. The number of hydrogen-bond acceptors (Lipinski definition) is 6. The molecule has 2 aromatic rings. The van der Waals surface area contributed by atoms with E-state index >= 15 is 0 Å². The maximum Gasteiger partial charge on any atom is 0.270 e. The second-order valence-corrected chi connectivity index (χ2v) is 8.05. The number of halogens is 1. The van der Waals surface area contributed by atoms with Gasteiger partial charge in [0.25, 0.3) is 17.5 Å². The fraction of sp³-hybridized carbons (Fsp3) is 0.389. The average molecular weight is 425 g/mol. The van der Waals surface area contributed by atoms with Gasteiger partial charge in [-0.3, -0.25) is 19.7 Å². The van der Waals surface area contributed by atoms with Gasteiger partial charge < -0.3 is 10.2 Å². The minimum Gasteiger partial charge on any atom is -0.349 e. The van der Waals surface area contributed by atoms with Crippen LogP contribution in [0.5, 0.6) is 0 Å². The minimum absolute atomic E-state index is 0.00401. The maximum absolute atomic E-state index is 12.9. The number of thiazole rings is 1. The molecule has 2 rings (SSSR count). The number of benzene rings is 1. The predicted molar refractivity (Wildman–Crippen MR) is 108 cm³/mol. The number of rotatable bonds is 7. The van der Waals surface area contributed by atoms with Crippen LogP contribution in [0.3, 0.4) is 0 Å². The molecule has 1 N–H and O–H groups in total. The molecule has 2 amide bonds. The number of nitro groups is 1. The Labute approximate surface area is 171 Å². The molecule has 0 fully saturated rings. The minimum atomic E-state index is -0.570. The third-order valence-electron chi connectivity index (χ3n) is 3.79. The second kappa shape index (κ2) is 9.11. The molecule has 0 saturated carbocycles. The smallest absolute Gasteiger partial charge is 0.270 e. The summed E-state index contributed by atoms with van der Waals surface area (Å²) in [6.45, 7) is 7.61. The zero-order valence-corrected chi connectivity index (χ0v) is 17.5. The third kappa shape index (κ3) is 5.26. The largest absolute Gasteiger partial charge is 0.349 e. The van der Waals surface area contributed by atoms with Crippen LogP contribution in [0.1, 0.15) is 53.5 Å². The van der Waals surface area contributed by atoms with Crippen LogP contribution in [0.2, 0.25) is 5.02 Å². The van der Waals surface area contributed by atoms with Crippen molar-refractivity contribution >= 4 is 40.4 Å². The van der Waals surface area contributed by atoms with Crippen LogP contribution >= 0.6 is 22.9 Å². The van der Waals surface area contributed by atoms with Crippen molar-refractivity contribution in [1.82, 2.24) is 15.2 Å². The van der Waals surface area contributed by atoms with Crippen molar-refractivity contribution in [2.24, 2.45) is 0 Å². The van der Waals surface area contributed by atoms with E-state index in [1.807, 2.05) is 27.7 Å². The first-order valence-electron chi connectivity index (χ1n) is 8.60. The predicted octanol–water partition coefficient (Wildman–Crippen LogP) is 3.89. The van der Waals surface area contributed by atoms with Gasteiger partial charge >= 0.3 is 0 Å². The van der Waals surface area contributed by atoms with Crippen molar-refractivity contribution in [3.05, 3.63) is 55.0 Å². The summed E-state index contributed by atoms with van der Waals surface area (Å²) < 4.78 is 0. The lowest BCUT2D eigenvalue weighted by Gasteiger charge is -2.26. The van der Waals surface area contributed by atoms with Crippen molar-refractivity contribution in [2.45, 2.75) is 46.3 Å². The Hall–Kier alpha value is -2.52. The number of carbonyl (C=O) groups is 2. The molecule has 0 aliphatic rings. The summed E-state index contributed by atoms with van der Waals surface area (Å²) in [4.78, 5) is 41.2. The van der Waals surface area contributed by atoms with E-state index in [0.29, 0.717) is 10.7 Å². The molecule has 0 radical (unpaired) electrons. The Balaban J connectivity index is 2.22. The van der Waals surface area contributed by atoms with E-state index in [4.69, 9.17) is 11.6 Å². The monoisotopic (exact) mass is 424 g/mol. The van der Waals surface area contributed by atoms with Crippen molar-refractivity contribution < 1.29 is 14.5 Å². The van der Waals surface area contributed by atoms with E-state index in [1.54, 1.807) is 10.3 Å². The van der Waals surface area contributed by atoms with Gasteiger partial charge in [0.05, 0.1) is 22.1 Å². The van der Waals surface area contributed by atoms with Crippen LogP contribution in [0, 0.1) is 10.1 Å². The number of nitro benzene ring substituents is 1. The number of nitrogens with one attached hydrogen (secondary N) is 1. The number of nitrogens with zero attached hydrogens (tertiary/aromatic N) is 3. The summed E-state index contributed by atoms with van der Waals surface area (Å²) in [5.74, 6) is -0.628. The van der Waals surface area contributed by atoms with E-state index in [9.17, 15) is 19.7 Å². The molecule has 1 aromatic heterocycles. The highest BCUT2D eigenvalue weighted by molar-refractivity contribution is 7.09. The van der Waals surface area contributed by atoms with Crippen LogP contribution in [-0.4, -0.2) is 38.7 Å². The molecule has 0 bridgehead atoms. The Morgan fingerprint density at radius 3 is 2.54 bits per heavy atom. The zero-order chi connectivity index (χ0) is 21.0. The van der Waals surface area contributed by atoms with Gasteiger partial charge in [0.15, 0.2) is 0 Å². The fourth-order valence-corrected chi connectivity index (χ4v) is 3.43. The summed E-state index contributed by atoms with van der Waals surface area (Å²) in [5.41, 5.74) is 0.298. The molecule has 10 heteroatoms. The second-order valence-electron chi connectivity index (χ2n) is 6.70. The Bertz CT molecular complexity index is 897. The van der Waals surface area contributed by atoms with Crippen molar-refractivity contribution in [1.29, 1.82) is 0 Å². The molecule has 0 aliphatic carbocycles. The molecule has 8 nitrogen and oxygen atoms in total. The molecule has 150 valence electrons. The van der Waals surface area contributed by atoms with Crippen LogP contribution in [0.25, 0.3) is 0 Å². The summed E-state index contributed by atoms with van der Waals surface area (Å²) in [5, 5.41) is 15.9. The van der Waals surface area contributed by atoms with Crippen LogP contribution in [0.4, 0.5) is 5.69 Å². The number of carbonyl (C=O) groups excluding carboxylic acids is 2. The summed E-state index contributed by atoms with van der Waals surface area (Å²) in [7, 11) is 0. The topological polar surface area (TPSA) is 105 Å². The number of aromatic nitrogens is 1. The standard InChI is InChI=1S/C18H21ClN4O4S/c1-10(2)20-17(24)15-9-28-16(21-15)8-22(11(3)4)18(25)13-6-5-12(23(26)27)7-14(13)19/h5-7,9-11H,8H2,1-4H3,(H,20,24). The molecular formula is C18H21ClN4O4S. The van der Waals surface area contributed by atoms with Crippen LogP contribution in [-0.2, 0) is 6.54 Å². The summed E-state index contributed by atoms with van der Waals surface area (Å²) >= 11 is 7.38. The van der Waals surface area contributed by atoms with Crippen molar-refractivity contribution in [3.63, 3.8) is 0 Å². The number of non-ortho nitro benzene ring substituents is 1. The highest BCUT2D eigenvalue weighted by Crippen LogP contribution is 2.25. The quantitative estimate of drug-likeness (QED) is 0.536. The van der Waals surface area contributed by atoms with E-state index in [2.05, 4.69) is 10.3 Å². The average Bonchev–Trinajstić information content (AvgIpc) is 3.07. The van der Waals surface area contributed by atoms with Gasteiger partial charge in [0.2, 0.25) is 0 Å². The van der Waals surface area contributed by atoms with Crippen LogP contribution < -0.4 is 5.32 Å². The van der Waals surface area contributed by atoms with E-state index in [1.165, 1.54) is 23.5 Å². The fourth-order valence-electron chi connectivity index (χ4n) is 2.40. The van der Waals surface area contributed by atoms with Gasteiger partial charge in [-0.2, -0.15) is 0 Å². The van der Waals surface area contributed by atoms with Gasteiger partial charge in [-0.25, -0.2) is 4.98 Å². The first-order chi connectivity index (χ1) is 13.1. The maximum atomic E-state index is 12.9. The highest BCUT2D eigenvalue weighted by Gasteiger charge is 2.24. The molecule has 0 aliphatic heterocycles. The normalized spacial score (nSPS) is 11.0. The Morgan fingerprint density at radius 1 is 1.32 bits per heavy atom. The lowest BCUT2D eigenvalue weighted by atomic mass is 10.1. The SMILES string of the molecule is CC(C)NC(=O)c1csc(CN(C(=O)c2ccc([N+](=O)[O-])cc2Cl)C(C)C)n1. The lowest BCUT2D eigenvalue weighted by Crippen LogP contribution is -2.36. The molecule has 0 unspecified atom stereocenters. The first kappa shape index (κ1) is 21.8. The highest BCUT2D eigenvalue weighted by atomic mass is 35.5. The van der Waals surface area contributed by atoms with Crippen molar-refractivity contribution in [2.75, 3.05) is 0 Å². The van der Waals surface area contributed by atoms with Gasteiger partial charge in [0.1, 0.15) is 10.7 Å². The zero-order valence-electron chi connectivity index (χ0n) is 15.9. The van der Waals surface area contributed by atoms with Crippen LogP contribution in [0.15, 0.2) is 23.6 Å². The van der Waals surface area contributed by atoms with Gasteiger partial charge in [0, 0.05) is 29.6 Å². The molecule has 1 aromatic carbocycles. The van der Waals surface area contributed by atoms with E-state index < -0.39 is 4.92 Å². The molecule has 28 heavy (non-hydrogen) atoms. The molecule has 0 atom stereocenters. The third-order valence-corrected chi connectivity index (χ3v) is 4.93. The van der Waals surface area contributed by atoms with Gasteiger partial charge in [-0.15, -0.1) is 11.3 Å². The molecule has 1 heterocycles. The number of hydrogen-bond donors (Lipinski definition) is 1. The van der Waals surface area contributed by atoms with Gasteiger partial charge in [-0.05, 0) is 33.8 Å². The van der Waals surface area contributed by atoms with Gasteiger partial charge in [-0.1, -0.05) is 11.6 Å². The number of amides is 2. The van der Waals surface area contributed by atoms with Crippen molar-refractivity contribution in [3.8, 4) is 0 Å².